The van der Waals surface area contributed by atoms with Crippen molar-refractivity contribution in [3.8, 4) is 0 Å². The number of ether oxygens (including phenoxy) is 1. The predicted octanol–water partition coefficient (Wildman–Crippen LogP) is -1.39. The second kappa shape index (κ2) is 5.45. The highest BCUT2D eigenvalue weighted by Crippen LogP contribution is 1.85. The van der Waals surface area contributed by atoms with Crippen LogP contribution in [0, 0.1) is 0 Å². The van der Waals surface area contributed by atoms with Crippen molar-refractivity contribution in [3.63, 3.8) is 0 Å². The number of primary amides is 2. The number of hydrogen-bond acceptors (Lipinski definition) is 4. The van der Waals surface area contributed by atoms with E-state index in [-0.39, 0.29) is 6.61 Å². The first-order valence-electron chi connectivity index (χ1n) is 3.56. The molecule has 0 spiro atoms. The molecule has 0 bridgehead atoms. The molecule has 80 valence electrons. The number of carbonyl (C=O) groups is 3. The fraction of sp³-hybridized carbons (Fsp3) is 0.400. The van der Waals surface area contributed by atoms with Gasteiger partial charge in [-0.1, -0.05) is 0 Å². The van der Waals surface area contributed by atoms with Crippen LogP contribution < -0.4 is 22.3 Å². The monoisotopic (exact) mass is 205 g/mol. The van der Waals surface area contributed by atoms with Gasteiger partial charge in [-0.25, -0.2) is 25.2 Å². The molecule has 0 aromatic heterocycles. The summed E-state index contributed by atoms with van der Waals surface area (Å²) in [6.07, 6.45) is -1.01. The number of nitrogens with zero attached hydrogens (tertiary/aromatic N) is 1. The van der Waals surface area contributed by atoms with E-state index in [0.29, 0.717) is 5.12 Å². The Balaban J connectivity index is 4.29. The summed E-state index contributed by atoms with van der Waals surface area (Å²) in [6.45, 7) is 1.61. The third-order valence-electron chi connectivity index (χ3n) is 0.894. The smallest absolute Gasteiger partial charge is 0.447 e. The molecule has 0 saturated carbocycles. The number of carbonyl (C=O) groups excluding carboxylic acids is 3. The van der Waals surface area contributed by atoms with Gasteiger partial charge in [0, 0.05) is 0 Å². The van der Waals surface area contributed by atoms with Crippen molar-refractivity contribution in [1.29, 1.82) is 0 Å². The highest BCUT2D eigenvalue weighted by atomic mass is 16.6. The van der Waals surface area contributed by atoms with Crippen molar-refractivity contribution in [3.05, 3.63) is 0 Å². The van der Waals surface area contributed by atoms with Crippen LogP contribution in [0.15, 0.2) is 0 Å². The molecule has 9 nitrogen and oxygen atoms in total. The summed E-state index contributed by atoms with van der Waals surface area (Å²) in [5.74, 6) is 0. The Morgan fingerprint density at radius 1 is 1.21 bits per heavy atom. The van der Waals surface area contributed by atoms with Crippen molar-refractivity contribution in [2.24, 2.45) is 11.5 Å². The lowest BCUT2D eigenvalue weighted by atomic mass is 10.9. The Hall–Kier alpha value is -2.19. The van der Waals surface area contributed by atoms with Crippen molar-refractivity contribution >= 4 is 18.2 Å². The van der Waals surface area contributed by atoms with E-state index in [0.717, 1.165) is 0 Å². The quantitative estimate of drug-likeness (QED) is 0.391. The molecule has 5 amide bonds. The lowest BCUT2D eigenvalue weighted by Crippen LogP contribution is -2.58. The number of nitrogens with one attached hydrogen (secondary N) is 2. The summed E-state index contributed by atoms with van der Waals surface area (Å²) >= 11 is 0. The minimum atomic E-state index is -1.05. The number of nitrogens with two attached hydrogens (primary N) is 2. The normalized spacial score (nSPS) is 8.64. The molecule has 0 aliphatic rings. The van der Waals surface area contributed by atoms with Gasteiger partial charge >= 0.3 is 18.2 Å². The molecule has 0 rings (SSSR count). The third-order valence-corrected chi connectivity index (χ3v) is 0.894. The predicted molar refractivity (Wildman–Crippen MR) is 44.3 cm³/mol. The first-order chi connectivity index (χ1) is 6.47. The summed E-state index contributed by atoms with van der Waals surface area (Å²) < 4.78 is 4.45. The zero-order valence-corrected chi connectivity index (χ0v) is 7.44. The third kappa shape index (κ3) is 4.64. The van der Waals surface area contributed by atoms with Gasteiger partial charge in [-0.15, -0.1) is 5.12 Å². The van der Waals surface area contributed by atoms with Gasteiger partial charge in [0.2, 0.25) is 0 Å². The summed E-state index contributed by atoms with van der Waals surface area (Å²) in [6, 6.07) is -2.10. The molecule has 0 aromatic carbocycles. The van der Waals surface area contributed by atoms with Crippen LogP contribution in [0.5, 0.6) is 0 Å². The first kappa shape index (κ1) is 11.8. The van der Waals surface area contributed by atoms with E-state index in [4.69, 9.17) is 11.5 Å². The van der Waals surface area contributed by atoms with Crippen LogP contribution in [0.2, 0.25) is 0 Å². The molecule has 0 aromatic rings. The van der Waals surface area contributed by atoms with Gasteiger partial charge < -0.3 is 16.2 Å². The molecule has 0 aliphatic carbocycles. The topological polar surface area (TPSA) is 140 Å². The number of hydrazine groups is 2. The van der Waals surface area contributed by atoms with E-state index in [1.807, 2.05) is 0 Å². The average Bonchev–Trinajstić information content (AvgIpc) is 2.01. The van der Waals surface area contributed by atoms with Gasteiger partial charge in [-0.05, 0) is 6.92 Å². The second-order valence-electron chi connectivity index (χ2n) is 1.99. The van der Waals surface area contributed by atoms with Crippen molar-refractivity contribution < 1.29 is 19.1 Å². The number of rotatable bonds is 1. The minimum Gasteiger partial charge on any atom is -0.447 e. The molecule has 0 radical (unpaired) electrons. The Labute approximate surface area is 79.3 Å². The van der Waals surface area contributed by atoms with Crippen LogP contribution in [0.1, 0.15) is 6.92 Å². The van der Waals surface area contributed by atoms with Crippen LogP contribution in [0.4, 0.5) is 14.4 Å². The van der Waals surface area contributed by atoms with Gasteiger partial charge in [0.1, 0.15) is 0 Å². The fourth-order valence-corrected chi connectivity index (χ4v) is 0.528. The molecule has 0 saturated heterocycles. The van der Waals surface area contributed by atoms with E-state index >= 15 is 0 Å². The highest BCUT2D eigenvalue weighted by Gasteiger charge is 2.17. The van der Waals surface area contributed by atoms with Gasteiger partial charge in [0.15, 0.2) is 0 Å². The van der Waals surface area contributed by atoms with Gasteiger partial charge in [0.25, 0.3) is 0 Å². The minimum absolute atomic E-state index is 0.0657. The lowest BCUT2D eigenvalue weighted by molar-refractivity contribution is 0.0738. The van der Waals surface area contributed by atoms with E-state index in [9.17, 15) is 14.4 Å². The second-order valence-corrected chi connectivity index (χ2v) is 1.99. The molecule has 0 aliphatic heterocycles. The van der Waals surface area contributed by atoms with E-state index in [1.54, 1.807) is 17.8 Å². The Bertz CT molecular complexity index is 226. The zero-order chi connectivity index (χ0) is 11.1. The maximum Gasteiger partial charge on any atom is 0.448 e. The average molecular weight is 205 g/mol. The van der Waals surface area contributed by atoms with Gasteiger partial charge in [0.05, 0.1) is 6.61 Å². The lowest BCUT2D eigenvalue weighted by Gasteiger charge is -2.19. The zero-order valence-electron chi connectivity index (χ0n) is 7.44. The molecule has 0 fully saturated rings. The van der Waals surface area contributed by atoms with Crippen molar-refractivity contribution in [2.75, 3.05) is 6.61 Å². The van der Waals surface area contributed by atoms with Crippen LogP contribution in [-0.2, 0) is 4.74 Å². The van der Waals surface area contributed by atoms with E-state index in [2.05, 4.69) is 4.74 Å². The molecule has 0 atom stereocenters. The molecular formula is C5H11N5O4. The molecule has 9 heteroatoms. The van der Waals surface area contributed by atoms with Crippen LogP contribution in [-0.4, -0.2) is 29.9 Å². The molecule has 0 unspecified atom stereocenters. The van der Waals surface area contributed by atoms with Crippen LogP contribution in [0.25, 0.3) is 0 Å². The number of urea groups is 2. The Morgan fingerprint density at radius 3 is 1.93 bits per heavy atom. The first-order valence-corrected chi connectivity index (χ1v) is 3.56. The van der Waals surface area contributed by atoms with Gasteiger partial charge in [-0.3, -0.25) is 0 Å². The Morgan fingerprint density at radius 2 is 1.64 bits per heavy atom. The number of hydrogen-bond donors (Lipinski definition) is 4. The largest absolute Gasteiger partial charge is 0.448 e. The van der Waals surface area contributed by atoms with Crippen LogP contribution >= 0.6 is 0 Å². The standard InChI is InChI=1S/C5H11N5O4/c1-2-14-5(13)10(8-3(6)11)9-4(7)12/h2H2,1H3,(H3,6,8,11)(H3,7,9,12). The molecule has 14 heavy (non-hydrogen) atoms. The van der Waals surface area contributed by atoms with Crippen molar-refractivity contribution in [2.45, 2.75) is 6.92 Å². The fourth-order valence-electron chi connectivity index (χ4n) is 0.528. The highest BCUT2D eigenvalue weighted by molar-refractivity contribution is 5.79. The maximum absolute atomic E-state index is 11.0. The van der Waals surface area contributed by atoms with Gasteiger partial charge in [-0.2, -0.15) is 0 Å². The summed E-state index contributed by atoms with van der Waals surface area (Å²) in [7, 11) is 0. The molecule has 0 heterocycles. The molecular weight excluding hydrogens is 194 g/mol. The van der Waals surface area contributed by atoms with E-state index < -0.39 is 18.2 Å². The number of amides is 5. The SMILES string of the molecule is CCOC(=O)N(NC(N)=O)NC(N)=O. The summed E-state index contributed by atoms with van der Waals surface area (Å²) in [5.41, 5.74) is 13.0. The van der Waals surface area contributed by atoms with E-state index in [1.165, 1.54) is 0 Å². The summed E-state index contributed by atoms with van der Waals surface area (Å²) in [4.78, 5) is 31.7. The Kier molecular flexibility index (Phi) is 4.60. The summed E-state index contributed by atoms with van der Waals surface area (Å²) in [5, 5.41) is 0.341. The van der Waals surface area contributed by atoms with Crippen LogP contribution in [0.3, 0.4) is 0 Å². The van der Waals surface area contributed by atoms with Crippen molar-refractivity contribution in [1.82, 2.24) is 16.0 Å². The maximum atomic E-state index is 11.0. The molecule has 6 N–H and O–H groups in total.